The third-order valence-corrected chi connectivity index (χ3v) is 4.31. The van der Waals surface area contributed by atoms with Crippen molar-refractivity contribution >= 4 is 34.7 Å². The number of aliphatic imine (C=N–C) groups is 1. The molecule has 0 saturated carbocycles. The summed E-state index contributed by atoms with van der Waals surface area (Å²) < 4.78 is 0. The number of nitrogens with zero attached hydrogens (tertiary/aromatic N) is 2. The fourth-order valence-electron chi connectivity index (χ4n) is 2.06. The number of amides is 1. The lowest BCUT2D eigenvalue weighted by atomic mass is 10.1. The number of nitrogens with two attached hydrogens (primary N) is 2. The molecule has 124 valence electrons. The molecule has 5 N–H and O–H groups in total. The largest absolute Gasteiger partial charge is 0.480 e. The van der Waals surface area contributed by atoms with Crippen LogP contribution in [0, 0.1) is 5.92 Å². The van der Waals surface area contributed by atoms with Gasteiger partial charge in [0.05, 0.1) is 0 Å². The molecular formula is C13H22N4O4S. The Balaban J connectivity index is 2.39. The van der Waals surface area contributed by atoms with Crippen molar-refractivity contribution in [2.24, 2.45) is 22.4 Å². The molecule has 0 spiro atoms. The zero-order chi connectivity index (χ0) is 16.7. The molecule has 9 heteroatoms. The van der Waals surface area contributed by atoms with Gasteiger partial charge < -0.3 is 16.6 Å². The molecule has 2 unspecified atom stereocenters. The van der Waals surface area contributed by atoms with Crippen LogP contribution in [0.5, 0.6) is 0 Å². The van der Waals surface area contributed by atoms with Crippen molar-refractivity contribution in [1.82, 2.24) is 4.90 Å². The molecular weight excluding hydrogens is 308 g/mol. The smallest absolute Gasteiger partial charge is 0.320 e. The van der Waals surface area contributed by atoms with E-state index in [1.807, 2.05) is 0 Å². The number of carbonyl (C=O) groups excluding carboxylic acids is 2. The third kappa shape index (κ3) is 6.02. The molecule has 1 saturated heterocycles. The highest BCUT2D eigenvalue weighted by atomic mass is 32.2. The summed E-state index contributed by atoms with van der Waals surface area (Å²) >= 11 is 1.20. The van der Waals surface area contributed by atoms with E-state index in [9.17, 15) is 14.4 Å². The first kappa shape index (κ1) is 18.4. The molecule has 1 fully saturated rings. The lowest BCUT2D eigenvalue weighted by molar-refractivity contribution is -0.138. The molecule has 0 aromatic rings. The number of hydrogen-bond acceptors (Lipinski definition) is 6. The van der Waals surface area contributed by atoms with Gasteiger partial charge in [0, 0.05) is 32.2 Å². The first-order valence-corrected chi connectivity index (χ1v) is 8.01. The lowest BCUT2D eigenvalue weighted by Crippen LogP contribution is -2.38. The topological polar surface area (TPSA) is 139 Å². The second-order valence-corrected chi connectivity index (χ2v) is 6.40. The zero-order valence-electron chi connectivity index (χ0n) is 12.5. The molecule has 1 amide bonds. The first-order valence-electron chi connectivity index (χ1n) is 7.03. The average molecular weight is 330 g/mol. The van der Waals surface area contributed by atoms with E-state index in [2.05, 4.69) is 4.99 Å². The normalized spacial score (nSPS) is 20.3. The molecule has 2 atom stereocenters. The summed E-state index contributed by atoms with van der Waals surface area (Å²) in [5.41, 5.74) is 11.2. The molecule has 0 bridgehead atoms. The van der Waals surface area contributed by atoms with Gasteiger partial charge in [0.1, 0.15) is 6.04 Å². The summed E-state index contributed by atoms with van der Waals surface area (Å²) in [6, 6.07) is -0.905. The van der Waals surface area contributed by atoms with Crippen LogP contribution in [0.15, 0.2) is 4.99 Å². The van der Waals surface area contributed by atoms with Crippen LogP contribution in [0.1, 0.15) is 26.2 Å². The number of thioether (sulfide) groups is 1. The number of carbonyl (C=O) groups is 3. The van der Waals surface area contributed by atoms with E-state index in [1.54, 1.807) is 0 Å². The Morgan fingerprint density at radius 3 is 2.82 bits per heavy atom. The minimum atomic E-state index is -1.04. The average Bonchev–Trinajstić information content (AvgIpc) is 2.82. The highest BCUT2D eigenvalue weighted by Crippen LogP contribution is 2.22. The Morgan fingerprint density at radius 2 is 2.23 bits per heavy atom. The Labute approximate surface area is 133 Å². The van der Waals surface area contributed by atoms with Gasteiger partial charge in [0.2, 0.25) is 5.91 Å². The Kier molecular flexibility index (Phi) is 7.33. The van der Waals surface area contributed by atoms with Crippen LogP contribution in [0.2, 0.25) is 0 Å². The van der Waals surface area contributed by atoms with E-state index in [1.165, 1.54) is 23.6 Å². The minimum absolute atomic E-state index is 0.0299. The van der Waals surface area contributed by atoms with Crippen molar-refractivity contribution in [3.63, 3.8) is 0 Å². The van der Waals surface area contributed by atoms with E-state index in [-0.39, 0.29) is 22.9 Å². The van der Waals surface area contributed by atoms with Crippen LogP contribution in [0.4, 0.5) is 0 Å². The predicted octanol–water partition coefficient (Wildman–Crippen LogP) is -0.379. The van der Waals surface area contributed by atoms with Gasteiger partial charge in [-0.05, 0) is 18.8 Å². The highest BCUT2D eigenvalue weighted by Gasteiger charge is 2.31. The van der Waals surface area contributed by atoms with E-state index in [4.69, 9.17) is 16.6 Å². The fourth-order valence-corrected chi connectivity index (χ4v) is 2.76. The van der Waals surface area contributed by atoms with Crippen LogP contribution in [-0.4, -0.2) is 57.8 Å². The zero-order valence-corrected chi connectivity index (χ0v) is 13.3. The summed E-state index contributed by atoms with van der Waals surface area (Å²) in [7, 11) is 0. The Hall–Kier alpha value is -1.61. The number of carboxylic acids is 1. The van der Waals surface area contributed by atoms with Crippen LogP contribution >= 0.6 is 11.8 Å². The number of likely N-dealkylation sites (tertiary alicyclic amines) is 1. The van der Waals surface area contributed by atoms with Gasteiger partial charge in [-0.25, -0.2) is 0 Å². The first-order chi connectivity index (χ1) is 10.3. The number of hydrogen-bond donors (Lipinski definition) is 3. The number of aliphatic carboxylic acids is 1. The monoisotopic (exact) mass is 330 g/mol. The maximum absolute atomic E-state index is 11.9. The van der Waals surface area contributed by atoms with E-state index in [0.717, 1.165) is 0 Å². The van der Waals surface area contributed by atoms with Gasteiger partial charge in [-0.1, -0.05) is 11.8 Å². The lowest BCUT2D eigenvalue weighted by Gasteiger charge is -2.15. The predicted molar refractivity (Wildman–Crippen MR) is 84.3 cm³/mol. The van der Waals surface area contributed by atoms with E-state index < -0.39 is 12.0 Å². The second-order valence-electron chi connectivity index (χ2n) is 5.20. The van der Waals surface area contributed by atoms with Gasteiger partial charge in [-0.3, -0.25) is 24.3 Å². The summed E-state index contributed by atoms with van der Waals surface area (Å²) in [6.07, 6.45) is 1.15. The number of carboxylic acid groups (broad SMARTS) is 1. The Morgan fingerprint density at radius 1 is 1.55 bits per heavy atom. The van der Waals surface area contributed by atoms with Crippen molar-refractivity contribution in [2.75, 3.05) is 18.8 Å². The van der Waals surface area contributed by atoms with Crippen LogP contribution in [-0.2, 0) is 14.4 Å². The summed E-state index contributed by atoms with van der Waals surface area (Å²) in [6.45, 7) is 2.28. The van der Waals surface area contributed by atoms with Crippen LogP contribution < -0.4 is 11.5 Å². The van der Waals surface area contributed by atoms with Crippen molar-refractivity contribution in [3.05, 3.63) is 0 Å². The molecule has 8 nitrogen and oxygen atoms in total. The summed E-state index contributed by atoms with van der Waals surface area (Å²) in [5.74, 6) is -0.312. The van der Waals surface area contributed by atoms with Gasteiger partial charge in [-0.2, -0.15) is 0 Å². The molecule has 1 rings (SSSR count). The Bertz CT molecular complexity index is 469. The van der Waals surface area contributed by atoms with Crippen molar-refractivity contribution in [3.8, 4) is 0 Å². The molecule has 0 aromatic heterocycles. The maximum Gasteiger partial charge on any atom is 0.320 e. The number of guanidine groups is 1. The fraction of sp³-hybridized carbons (Fsp3) is 0.692. The molecule has 22 heavy (non-hydrogen) atoms. The van der Waals surface area contributed by atoms with Gasteiger partial charge in [-0.15, -0.1) is 0 Å². The number of rotatable bonds is 7. The van der Waals surface area contributed by atoms with E-state index >= 15 is 0 Å². The van der Waals surface area contributed by atoms with Crippen LogP contribution in [0.25, 0.3) is 0 Å². The third-order valence-electron chi connectivity index (χ3n) is 3.27. The molecule has 0 radical (unpaired) electrons. The highest BCUT2D eigenvalue weighted by molar-refractivity contribution is 8.13. The summed E-state index contributed by atoms with van der Waals surface area (Å²) in [4.78, 5) is 38.9. The molecule has 1 aliphatic heterocycles. The van der Waals surface area contributed by atoms with Gasteiger partial charge >= 0.3 is 5.97 Å². The second kappa shape index (κ2) is 8.74. The SMILES string of the molecule is CC(=O)SCC1CC(=O)N(C(N)=NCCCC(N)C(=O)O)C1. The van der Waals surface area contributed by atoms with E-state index in [0.29, 0.717) is 38.1 Å². The summed E-state index contributed by atoms with van der Waals surface area (Å²) in [5, 5.41) is 8.68. The maximum atomic E-state index is 11.9. The quantitative estimate of drug-likeness (QED) is 0.328. The molecule has 0 aromatic carbocycles. The van der Waals surface area contributed by atoms with Crippen molar-refractivity contribution < 1.29 is 19.5 Å². The molecule has 1 heterocycles. The van der Waals surface area contributed by atoms with Crippen LogP contribution in [0.3, 0.4) is 0 Å². The van der Waals surface area contributed by atoms with Gasteiger partial charge in [0.15, 0.2) is 11.1 Å². The van der Waals surface area contributed by atoms with Gasteiger partial charge in [0.25, 0.3) is 0 Å². The minimum Gasteiger partial charge on any atom is -0.480 e. The molecule has 0 aliphatic carbocycles. The van der Waals surface area contributed by atoms with Crippen molar-refractivity contribution in [1.29, 1.82) is 0 Å². The standard InChI is InChI=1S/C13H22N4O4S/c1-8(18)22-7-9-5-11(19)17(6-9)13(15)16-4-2-3-10(14)12(20)21/h9-10H,2-7,14H2,1H3,(H2,15,16)(H,20,21). The molecule has 1 aliphatic rings. The van der Waals surface area contributed by atoms with Crippen molar-refractivity contribution in [2.45, 2.75) is 32.2 Å².